The first-order chi connectivity index (χ1) is 17.7. The third-order valence-corrected chi connectivity index (χ3v) is 6.47. The molecule has 13 heteroatoms. The van der Waals surface area contributed by atoms with Crippen molar-refractivity contribution in [1.29, 1.82) is 0 Å². The molecule has 0 unspecified atom stereocenters. The second-order valence-electron chi connectivity index (χ2n) is 9.91. The molecule has 0 radical (unpaired) electrons. The van der Waals surface area contributed by atoms with E-state index in [1.807, 2.05) is 0 Å². The van der Waals surface area contributed by atoms with E-state index in [2.05, 4.69) is 10.6 Å². The number of carbonyl (C=O) groups is 4. The fourth-order valence-corrected chi connectivity index (χ4v) is 4.51. The number of amides is 4. The number of hydrogen-bond donors (Lipinski definition) is 3. The van der Waals surface area contributed by atoms with Crippen LogP contribution in [-0.2, 0) is 20.6 Å². The Balaban J connectivity index is 1.95. The van der Waals surface area contributed by atoms with Crippen molar-refractivity contribution in [1.82, 2.24) is 15.5 Å². The molecule has 4 amide bonds. The van der Waals surface area contributed by atoms with Crippen LogP contribution in [0.5, 0.6) is 5.75 Å². The lowest BCUT2D eigenvalue weighted by atomic mass is 9.98. The second kappa shape index (κ2) is 11.2. The summed E-state index contributed by atoms with van der Waals surface area (Å²) in [4.78, 5) is 52.6. The molecule has 3 N–H and O–H groups in total. The Morgan fingerprint density at radius 1 is 1.26 bits per heavy atom. The molecule has 2 heterocycles. The molecule has 2 aliphatic heterocycles. The van der Waals surface area contributed by atoms with Crippen molar-refractivity contribution in [2.24, 2.45) is 0 Å². The van der Waals surface area contributed by atoms with Gasteiger partial charge in [-0.25, -0.2) is 0 Å². The van der Waals surface area contributed by atoms with Crippen LogP contribution in [0.2, 0.25) is 0 Å². The molecule has 0 aliphatic carbocycles. The zero-order valence-corrected chi connectivity index (χ0v) is 21.8. The van der Waals surface area contributed by atoms with Crippen molar-refractivity contribution in [3.8, 4) is 5.75 Å². The van der Waals surface area contributed by atoms with Gasteiger partial charge in [0.1, 0.15) is 11.9 Å². The van der Waals surface area contributed by atoms with Crippen LogP contribution in [-0.4, -0.2) is 77.6 Å². The van der Waals surface area contributed by atoms with Crippen molar-refractivity contribution in [2.45, 2.75) is 70.9 Å². The highest BCUT2D eigenvalue weighted by molar-refractivity contribution is 6.05. The third-order valence-electron chi connectivity index (χ3n) is 6.47. The number of carbonyl (C=O) groups excluding carboxylic acids is 4. The topological polar surface area (TPSA) is 128 Å². The number of anilines is 1. The van der Waals surface area contributed by atoms with Crippen LogP contribution >= 0.6 is 0 Å². The van der Waals surface area contributed by atoms with Gasteiger partial charge >= 0.3 is 6.18 Å². The van der Waals surface area contributed by atoms with Gasteiger partial charge in [-0.3, -0.25) is 19.2 Å². The summed E-state index contributed by atoms with van der Waals surface area (Å²) in [7, 11) is 0. The first-order valence-corrected chi connectivity index (χ1v) is 12.5. The number of aliphatic hydroxyl groups is 1. The lowest BCUT2D eigenvalue weighted by molar-refractivity contribution is -0.140. The number of alkyl halides is 3. The zero-order valence-electron chi connectivity index (χ0n) is 21.8. The third kappa shape index (κ3) is 6.37. The number of nitrogens with zero attached hydrogens (tertiary/aromatic N) is 2. The number of nitrogens with one attached hydrogen (secondary N) is 2. The molecule has 2 aliphatic rings. The predicted octanol–water partition coefficient (Wildman–Crippen LogP) is 1.84. The van der Waals surface area contributed by atoms with Crippen molar-refractivity contribution in [2.75, 3.05) is 31.1 Å². The van der Waals surface area contributed by atoms with Crippen LogP contribution in [0.4, 0.5) is 18.9 Å². The molecule has 38 heavy (non-hydrogen) atoms. The Bertz CT molecular complexity index is 1110. The number of ether oxygens (including phenoxy) is 1. The monoisotopic (exact) mass is 542 g/mol. The summed E-state index contributed by atoms with van der Waals surface area (Å²) < 4.78 is 47.8. The van der Waals surface area contributed by atoms with E-state index in [0.717, 1.165) is 6.07 Å². The van der Waals surface area contributed by atoms with Crippen molar-refractivity contribution in [3.05, 3.63) is 23.3 Å². The van der Waals surface area contributed by atoms with E-state index in [0.29, 0.717) is 25.5 Å². The van der Waals surface area contributed by atoms with Gasteiger partial charge in [0.2, 0.25) is 5.91 Å². The van der Waals surface area contributed by atoms with Gasteiger partial charge in [0, 0.05) is 38.6 Å². The highest BCUT2D eigenvalue weighted by Gasteiger charge is 2.44. The molecular weight excluding hydrogens is 509 g/mol. The molecule has 1 fully saturated rings. The van der Waals surface area contributed by atoms with E-state index in [9.17, 15) is 37.5 Å². The van der Waals surface area contributed by atoms with Gasteiger partial charge in [-0.05, 0) is 45.7 Å². The van der Waals surface area contributed by atoms with E-state index in [1.54, 1.807) is 6.92 Å². The molecular formula is C25H33F3N4O6. The zero-order chi connectivity index (χ0) is 28.4. The van der Waals surface area contributed by atoms with Gasteiger partial charge < -0.3 is 30.3 Å². The van der Waals surface area contributed by atoms with E-state index in [-0.39, 0.29) is 43.4 Å². The first kappa shape index (κ1) is 29.2. The number of hydrogen-bond acceptors (Lipinski definition) is 6. The number of piperidine rings is 1. The van der Waals surface area contributed by atoms with Crippen LogP contribution in [0.1, 0.15) is 62.9 Å². The molecule has 1 aromatic rings. The van der Waals surface area contributed by atoms with Crippen molar-refractivity contribution >= 4 is 29.3 Å². The van der Waals surface area contributed by atoms with Crippen LogP contribution < -0.4 is 20.3 Å². The minimum absolute atomic E-state index is 0.0206. The van der Waals surface area contributed by atoms with Crippen molar-refractivity contribution < 1.29 is 42.2 Å². The fourth-order valence-electron chi connectivity index (χ4n) is 4.51. The Hall–Kier alpha value is -3.35. The van der Waals surface area contributed by atoms with Crippen LogP contribution in [0, 0.1) is 0 Å². The summed E-state index contributed by atoms with van der Waals surface area (Å²) in [6, 6.07) is 1.05. The number of halogens is 3. The Kier molecular flexibility index (Phi) is 8.59. The summed E-state index contributed by atoms with van der Waals surface area (Å²) in [5, 5.41) is 14.8. The van der Waals surface area contributed by atoms with Gasteiger partial charge in [0.25, 0.3) is 17.7 Å². The van der Waals surface area contributed by atoms with E-state index < -0.39 is 52.8 Å². The number of fused-ring (bicyclic) bond motifs is 1. The lowest BCUT2D eigenvalue weighted by Crippen LogP contribution is -2.54. The maximum absolute atomic E-state index is 14.1. The molecule has 210 valence electrons. The summed E-state index contributed by atoms with van der Waals surface area (Å²) in [5.74, 6) is -2.56. The van der Waals surface area contributed by atoms with Crippen LogP contribution in [0.25, 0.3) is 0 Å². The maximum atomic E-state index is 14.1. The molecule has 0 bridgehead atoms. The standard InChI is InChI=1S/C25H33F3N4O6/c1-5-20(34)29-8-10-32-18-11-16(17(25(26,27)28)12-19(18)38-24(3,4)23(32)37)21(35)30-15-7-6-9-31(13-15)22(36)14(2)33/h11-12,14-15,33H,5-10,13H2,1-4H3,(H,29,34)(H,30,35)/t14-,15+/m0/s1. The van der Waals surface area contributed by atoms with Gasteiger partial charge in [-0.2, -0.15) is 13.2 Å². The highest BCUT2D eigenvalue weighted by atomic mass is 19.4. The van der Waals surface area contributed by atoms with Gasteiger partial charge in [-0.15, -0.1) is 0 Å². The second-order valence-corrected chi connectivity index (χ2v) is 9.91. The van der Waals surface area contributed by atoms with Crippen LogP contribution in [0.15, 0.2) is 12.1 Å². The molecule has 1 aromatic carbocycles. The number of aliphatic hydroxyl groups excluding tert-OH is 1. The summed E-state index contributed by atoms with van der Waals surface area (Å²) in [5.41, 5.74) is -3.43. The highest BCUT2D eigenvalue weighted by Crippen LogP contribution is 2.43. The molecule has 10 nitrogen and oxygen atoms in total. The first-order valence-electron chi connectivity index (χ1n) is 12.5. The van der Waals surface area contributed by atoms with E-state index in [1.165, 1.54) is 30.6 Å². The number of rotatable bonds is 7. The molecule has 0 spiro atoms. The van der Waals surface area contributed by atoms with Gasteiger partial charge in [0.15, 0.2) is 5.60 Å². The predicted molar refractivity (Wildman–Crippen MR) is 131 cm³/mol. The molecule has 3 rings (SSSR count). The SMILES string of the molecule is CCC(=O)NCCN1C(=O)C(C)(C)Oc2cc(C(F)(F)F)c(C(=O)N[C@@H]3CCCN(C(=O)[C@H](C)O)C3)cc21. The Labute approximate surface area is 218 Å². The maximum Gasteiger partial charge on any atom is 0.417 e. The summed E-state index contributed by atoms with van der Waals surface area (Å²) in [6.45, 7) is 6.23. The molecule has 2 atom stereocenters. The molecule has 0 saturated carbocycles. The van der Waals surface area contributed by atoms with E-state index in [4.69, 9.17) is 4.74 Å². The average molecular weight is 543 g/mol. The lowest BCUT2D eigenvalue weighted by Gasteiger charge is -2.39. The van der Waals surface area contributed by atoms with Crippen molar-refractivity contribution in [3.63, 3.8) is 0 Å². The minimum atomic E-state index is -4.91. The normalized spacial score (nSPS) is 19.8. The molecule has 0 aromatic heterocycles. The van der Waals surface area contributed by atoms with Gasteiger partial charge in [-0.1, -0.05) is 6.92 Å². The molecule has 1 saturated heterocycles. The fraction of sp³-hybridized carbons (Fsp3) is 0.600. The number of benzene rings is 1. The Morgan fingerprint density at radius 3 is 2.55 bits per heavy atom. The average Bonchev–Trinajstić information content (AvgIpc) is 2.84. The minimum Gasteiger partial charge on any atom is -0.476 e. The summed E-state index contributed by atoms with van der Waals surface area (Å²) >= 11 is 0. The quantitative estimate of drug-likeness (QED) is 0.483. The summed E-state index contributed by atoms with van der Waals surface area (Å²) in [6.07, 6.45) is -5.00. The largest absolute Gasteiger partial charge is 0.476 e. The number of likely N-dealkylation sites (tertiary alicyclic amines) is 1. The smallest absolute Gasteiger partial charge is 0.417 e. The van der Waals surface area contributed by atoms with Gasteiger partial charge in [0.05, 0.1) is 16.8 Å². The Morgan fingerprint density at radius 2 is 1.95 bits per heavy atom. The van der Waals surface area contributed by atoms with E-state index >= 15 is 0 Å². The van der Waals surface area contributed by atoms with Crippen LogP contribution in [0.3, 0.4) is 0 Å².